The number of benzene rings is 1. The predicted molar refractivity (Wildman–Crippen MR) is 131 cm³/mol. The molecule has 1 aliphatic heterocycles. The molecule has 10 heteroatoms. The summed E-state index contributed by atoms with van der Waals surface area (Å²) in [5.41, 5.74) is 2.54. The van der Waals surface area contributed by atoms with E-state index in [0.29, 0.717) is 12.2 Å². The number of sulfonamides is 1. The van der Waals surface area contributed by atoms with Gasteiger partial charge in [0.1, 0.15) is 11.6 Å². The molecule has 8 nitrogen and oxygen atoms in total. The summed E-state index contributed by atoms with van der Waals surface area (Å²) in [6, 6.07) is 8.79. The number of ether oxygens (including phenoxy) is 1. The summed E-state index contributed by atoms with van der Waals surface area (Å²) in [6.07, 6.45) is 2.27. The SMILES string of the molecule is CC(C)Oc1ccc(S(N)(=O)=O)cc1Cc1nc(-c2ccc(N3CCN(C)CC3)nc2)cs1. The minimum absolute atomic E-state index is 0.0409. The van der Waals surface area contributed by atoms with Crippen molar-refractivity contribution in [1.82, 2.24) is 14.9 Å². The van der Waals surface area contributed by atoms with Gasteiger partial charge in [-0.05, 0) is 51.2 Å². The Morgan fingerprint density at radius 2 is 1.91 bits per heavy atom. The second-order valence-corrected chi connectivity index (χ2v) is 11.0. The van der Waals surface area contributed by atoms with E-state index in [1.165, 1.54) is 17.4 Å². The first-order valence-electron chi connectivity index (χ1n) is 10.9. The van der Waals surface area contributed by atoms with Crippen LogP contribution in [0.1, 0.15) is 24.4 Å². The van der Waals surface area contributed by atoms with Crippen molar-refractivity contribution in [2.45, 2.75) is 31.3 Å². The van der Waals surface area contributed by atoms with Crippen LogP contribution in [-0.2, 0) is 16.4 Å². The maximum absolute atomic E-state index is 11.8. The average Bonchev–Trinajstić information content (AvgIpc) is 3.23. The topological polar surface area (TPSA) is 102 Å². The summed E-state index contributed by atoms with van der Waals surface area (Å²) in [5.74, 6) is 1.62. The van der Waals surface area contributed by atoms with Gasteiger partial charge in [0.2, 0.25) is 10.0 Å². The summed E-state index contributed by atoms with van der Waals surface area (Å²) in [7, 11) is -1.67. The number of piperazine rings is 1. The number of likely N-dealkylation sites (N-methyl/N-ethyl adjacent to an activating group) is 1. The molecule has 2 N–H and O–H groups in total. The molecule has 0 atom stereocenters. The van der Waals surface area contributed by atoms with Gasteiger partial charge in [-0.3, -0.25) is 0 Å². The van der Waals surface area contributed by atoms with Gasteiger partial charge in [0.05, 0.1) is 21.7 Å². The van der Waals surface area contributed by atoms with Crippen LogP contribution in [0, 0.1) is 0 Å². The van der Waals surface area contributed by atoms with Crippen LogP contribution >= 0.6 is 11.3 Å². The van der Waals surface area contributed by atoms with Crippen molar-refractivity contribution in [1.29, 1.82) is 0 Å². The zero-order valence-electron chi connectivity index (χ0n) is 19.1. The third-order valence-corrected chi connectivity index (χ3v) is 7.25. The van der Waals surface area contributed by atoms with Gasteiger partial charge in [0.25, 0.3) is 0 Å². The van der Waals surface area contributed by atoms with Crippen molar-refractivity contribution in [3.05, 3.63) is 52.5 Å². The minimum Gasteiger partial charge on any atom is -0.491 e. The molecule has 4 rings (SSSR count). The smallest absolute Gasteiger partial charge is 0.238 e. The van der Waals surface area contributed by atoms with Crippen LogP contribution in [0.4, 0.5) is 5.82 Å². The molecule has 3 heterocycles. The largest absolute Gasteiger partial charge is 0.491 e. The van der Waals surface area contributed by atoms with Crippen LogP contribution in [0.2, 0.25) is 0 Å². The third kappa shape index (κ3) is 5.89. The van der Waals surface area contributed by atoms with Gasteiger partial charge in [-0.25, -0.2) is 23.5 Å². The van der Waals surface area contributed by atoms with Crippen molar-refractivity contribution < 1.29 is 13.2 Å². The van der Waals surface area contributed by atoms with Gasteiger partial charge < -0.3 is 14.5 Å². The molecule has 0 aliphatic carbocycles. The number of primary sulfonamides is 1. The highest BCUT2D eigenvalue weighted by Gasteiger charge is 2.17. The van der Waals surface area contributed by atoms with Gasteiger partial charge in [-0.2, -0.15) is 0 Å². The molecular weight excluding hydrogens is 458 g/mol. The van der Waals surface area contributed by atoms with Crippen LogP contribution in [0.15, 0.2) is 46.8 Å². The highest BCUT2D eigenvalue weighted by Crippen LogP contribution is 2.29. The number of pyridine rings is 1. The summed E-state index contributed by atoms with van der Waals surface area (Å²) >= 11 is 1.52. The molecule has 0 bridgehead atoms. The molecule has 0 radical (unpaired) electrons. The Morgan fingerprint density at radius 3 is 2.55 bits per heavy atom. The molecule has 1 saturated heterocycles. The van der Waals surface area contributed by atoms with E-state index in [1.807, 2.05) is 31.5 Å². The summed E-state index contributed by atoms with van der Waals surface area (Å²) in [6.45, 7) is 7.88. The first kappa shape index (κ1) is 23.6. The second-order valence-electron chi connectivity index (χ2n) is 8.48. The molecule has 0 unspecified atom stereocenters. The number of anilines is 1. The Hall–Kier alpha value is -2.53. The number of hydrogen-bond donors (Lipinski definition) is 1. The van der Waals surface area contributed by atoms with Crippen LogP contribution in [0.3, 0.4) is 0 Å². The van der Waals surface area contributed by atoms with E-state index < -0.39 is 10.0 Å². The lowest BCUT2D eigenvalue weighted by atomic mass is 10.1. The van der Waals surface area contributed by atoms with Gasteiger partial charge in [-0.1, -0.05) is 0 Å². The van der Waals surface area contributed by atoms with E-state index in [0.717, 1.165) is 53.8 Å². The Kier molecular flexibility index (Phi) is 6.99. The number of nitrogens with two attached hydrogens (primary N) is 1. The monoisotopic (exact) mass is 487 g/mol. The maximum Gasteiger partial charge on any atom is 0.238 e. The van der Waals surface area contributed by atoms with E-state index in [2.05, 4.69) is 27.9 Å². The Bertz CT molecular complexity index is 1200. The molecule has 2 aromatic heterocycles. The van der Waals surface area contributed by atoms with Crippen LogP contribution < -0.4 is 14.8 Å². The van der Waals surface area contributed by atoms with Crippen molar-refractivity contribution in [3.8, 4) is 17.0 Å². The van der Waals surface area contributed by atoms with E-state index in [1.54, 1.807) is 12.1 Å². The van der Waals surface area contributed by atoms with Gasteiger partial charge in [0, 0.05) is 55.3 Å². The molecule has 0 amide bonds. The molecule has 3 aromatic rings. The number of hydrogen-bond acceptors (Lipinski definition) is 8. The van der Waals surface area contributed by atoms with E-state index in [-0.39, 0.29) is 11.0 Å². The normalized spacial score (nSPS) is 15.2. The number of aromatic nitrogens is 2. The molecule has 176 valence electrons. The summed E-state index contributed by atoms with van der Waals surface area (Å²) in [5, 5.41) is 8.18. The molecule has 33 heavy (non-hydrogen) atoms. The molecule has 1 aromatic carbocycles. The fourth-order valence-electron chi connectivity index (χ4n) is 3.69. The Morgan fingerprint density at radius 1 is 1.15 bits per heavy atom. The van der Waals surface area contributed by atoms with Crippen molar-refractivity contribution in [2.75, 3.05) is 38.1 Å². The zero-order chi connectivity index (χ0) is 23.6. The Labute approximate surface area is 199 Å². The third-order valence-electron chi connectivity index (χ3n) is 5.49. The quantitative estimate of drug-likeness (QED) is 0.547. The predicted octanol–water partition coefficient (Wildman–Crippen LogP) is 2.98. The molecule has 1 fully saturated rings. The van der Waals surface area contributed by atoms with Crippen molar-refractivity contribution >= 4 is 27.2 Å². The van der Waals surface area contributed by atoms with Gasteiger partial charge in [0.15, 0.2) is 0 Å². The van der Waals surface area contributed by atoms with Crippen molar-refractivity contribution in [2.24, 2.45) is 5.14 Å². The maximum atomic E-state index is 11.8. The fraction of sp³-hybridized carbons (Fsp3) is 0.391. The van der Waals surface area contributed by atoms with Gasteiger partial charge >= 0.3 is 0 Å². The average molecular weight is 488 g/mol. The molecule has 1 aliphatic rings. The van der Waals surface area contributed by atoms with Crippen LogP contribution in [-0.4, -0.2) is 62.6 Å². The first-order chi connectivity index (χ1) is 15.7. The van der Waals surface area contributed by atoms with E-state index in [9.17, 15) is 8.42 Å². The lowest BCUT2D eigenvalue weighted by Crippen LogP contribution is -2.44. The van der Waals surface area contributed by atoms with E-state index in [4.69, 9.17) is 14.9 Å². The summed E-state index contributed by atoms with van der Waals surface area (Å²) < 4.78 is 29.5. The zero-order valence-corrected chi connectivity index (χ0v) is 20.7. The summed E-state index contributed by atoms with van der Waals surface area (Å²) in [4.78, 5) is 14.1. The number of thiazole rings is 1. The molecule has 0 saturated carbocycles. The Balaban J connectivity index is 1.53. The van der Waals surface area contributed by atoms with Gasteiger partial charge in [-0.15, -0.1) is 11.3 Å². The lowest BCUT2D eigenvalue weighted by molar-refractivity contribution is 0.240. The molecule has 0 spiro atoms. The number of nitrogens with zero attached hydrogens (tertiary/aromatic N) is 4. The first-order valence-corrected chi connectivity index (χ1v) is 13.3. The minimum atomic E-state index is -3.80. The highest BCUT2D eigenvalue weighted by molar-refractivity contribution is 7.89. The number of rotatable bonds is 7. The lowest BCUT2D eigenvalue weighted by Gasteiger charge is -2.33. The van der Waals surface area contributed by atoms with E-state index >= 15 is 0 Å². The standard InChI is InChI=1S/C23H29N5O3S2/c1-16(2)31-21-6-5-19(33(24,29)30)12-18(21)13-23-26-20(15-32-23)17-4-7-22(25-14-17)28-10-8-27(3)9-11-28/h4-7,12,14-16H,8-11,13H2,1-3H3,(H2,24,29,30). The molecular formula is C23H29N5O3S2. The second kappa shape index (κ2) is 9.76. The van der Waals surface area contributed by atoms with Crippen LogP contribution in [0.5, 0.6) is 5.75 Å². The van der Waals surface area contributed by atoms with Crippen molar-refractivity contribution in [3.63, 3.8) is 0 Å². The highest BCUT2D eigenvalue weighted by atomic mass is 32.2. The fourth-order valence-corrected chi connectivity index (χ4v) is 5.08. The van der Waals surface area contributed by atoms with Crippen LogP contribution in [0.25, 0.3) is 11.3 Å².